The summed E-state index contributed by atoms with van der Waals surface area (Å²) in [6, 6.07) is 58.0. The molecule has 0 atom stereocenters. The van der Waals surface area contributed by atoms with Crippen molar-refractivity contribution in [3.8, 4) is 46.0 Å². The highest BCUT2D eigenvalue weighted by Gasteiger charge is 2.23. The monoisotopic (exact) mass is 2080 g/mol. The van der Waals surface area contributed by atoms with E-state index in [2.05, 4.69) is 173 Å². The number of aromatic nitrogens is 9. The molecule has 0 bridgehead atoms. The van der Waals surface area contributed by atoms with Crippen LogP contribution in [0, 0.1) is 29.9 Å². The number of carbonyl (C=O) groups is 8. The van der Waals surface area contributed by atoms with E-state index in [1.807, 2.05) is 134 Å². The number of hydrogen-bond donors (Lipinski definition) is 11. The zero-order valence-electron chi connectivity index (χ0n) is 69.6. The molecule has 0 unspecified atom stereocenters. The number of Topliss-reactive ketones (excluding diaryl/α,β-unsaturated/α-hetero) is 8. The number of imidazole rings is 1. The first-order chi connectivity index (χ1) is 61.3. The maximum atomic E-state index is 12.3. The number of aryl methyl sites for hydroxylation is 2. The van der Waals surface area contributed by atoms with Gasteiger partial charge in [0.25, 0.3) is 0 Å². The Morgan fingerprint density at radius 3 is 1.68 bits per heavy atom. The van der Waals surface area contributed by atoms with Crippen LogP contribution >= 0.6 is 168 Å². The number of ether oxygens (including phenoxy) is 3. The van der Waals surface area contributed by atoms with E-state index in [4.69, 9.17) is 47.5 Å². The van der Waals surface area contributed by atoms with Crippen molar-refractivity contribution in [2.75, 3.05) is 67.4 Å². The summed E-state index contributed by atoms with van der Waals surface area (Å²) in [6.45, 7) is 3.89. The van der Waals surface area contributed by atoms with Crippen LogP contribution in [0.15, 0.2) is 214 Å². The Labute approximate surface area is 817 Å². The predicted molar refractivity (Wildman–Crippen MR) is 541 cm³/mol. The highest BCUT2D eigenvalue weighted by atomic mass is 79.9. The number of aromatic amines is 3. The van der Waals surface area contributed by atoms with Gasteiger partial charge in [0.1, 0.15) is 90.9 Å². The lowest BCUT2D eigenvalue weighted by molar-refractivity contribution is -0.116. The Hall–Kier alpha value is -9.11. The first kappa shape index (κ1) is 108. The largest absolute Gasteiger partial charge is 0.497 e. The number of thiazole rings is 1. The van der Waals surface area contributed by atoms with E-state index in [0.29, 0.717) is 71.1 Å². The van der Waals surface area contributed by atoms with E-state index >= 15 is 0 Å². The lowest BCUT2D eigenvalue weighted by atomic mass is 10.1. The maximum absolute atomic E-state index is 12.3. The van der Waals surface area contributed by atoms with E-state index in [0.717, 1.165) is 103 Å². The zero-order valence-corrected chi connectivity index (χ0v) is 83.2. The molecule has 13 rings (SSSR count). The van der Waals surface area contributed by atoms with E-state index < -0.39 is 10.1 Å². The van der Waals surface area contributed by atoms with Crippen LogP contribution in [0.4, 0.5) is 0 Å². The molecule has 0 saturated heterocycles. The highest BCUT2D eigenvalue weighted by molar-refractivity contribution is 9.10. The topological polar surface area (TPSA) is 348 Å². The molecule has 0 amide bonds. The summed E-state index contributed by atoms with van der Waals surface area (Å²) >= 11 is 50.7. The molecule has 24 nitrogen and oxygen atoms in total. The Morgan fingerprint density at radius 1 is 0.531 bits per heavy atom. The Bertz CT molecular complexity index is 6100. The van der Waals surface area contributed by atoms with E-state index in [1.165, 1.54) is 20.3 Å². The van der Waals surface area contributed by atoms with Gasteiger partial charge in [0.15, 0.2) is 4.77 Å². The number of thiol groups is 8. The number of benzene rings is 7. The van der Waals surface area contributed by atoms with Crippen molar-refractivity contribution in [2.45, 2.75) is 70.1 Å². The number of pyridine rings is 2. The summed E-state index contributed by atoms with van der Waals surface area (Å²) in [6.07, 6.45) is 5.78. The molecule has 0 spiro atoms. The summed E-state index contributed by atoms with van der Waals surface area (Å²) in [4.78, 5) is 108. The molecule has 672 valence electrons. The third-order valence-corrected chi connectivity index (χ3v) is 24.0. The van der Waals surface area contributed by atoms with Crippen LogP contribution in [0.3, 0.4) is 0 Å². The van der Waals surface area contributed by atoms with Crippen LogP contribution in [0.5, 0.6) is 23.0 Å². The van der Waals surface area contributed by atoms with Crippen molar-refractivity contribution < 1.29 is 65.2 Å². The van der Waals surface area contributed by atoms with Crippen molar-refractivity contribution in [3.63, 3.8) is 0 Å². The molecule has 128 heavy (non-hydrogen) atoms. The molecule has 3 N–H and O–H groups in total. The van der Waals surface area contributed by atoms with E-state index in [9.17, 15) is 46.8 Å². The number of halogens is 3. The third kappa shape index (κ3) is 37.4. The number of ketones is 8. The number of nitrogens with zero attached hydrogens (tertiary/aromatic N) is 7. The number of H-pyrrole nitrogens is 3. The van der Waals surface area contributed by atoms with Gasteiger partial charge >= 0.3 is 10.1 Å². The average molecular weight is 2080 g/mol. The van der Waals surface area contributed by atoms with Crippen LogP contribution in [0.2, 0.25) is 5.02 Å². The first-order valence-electron chi connectivity index (χ1n) is 38.3. The molecule has 0 aliphatic rings. The fraction of sp³-hybridized carbons (Fsp3) is 0.233. The molecule has 0 saturated carbocycles. The molecule has 38 heteroatoms. The summed E-state index contributed by atoms with van der Waals surface area (Å²) in [5, 5.41) is 21.2. The van der Waals surface area contributed by atoms with Gasteiger partial charge in [0.05, 0.1) is 88.9 Å². The van der Waals surface area contributed by atoms with Gasteiger partial charge in [0.2, 0.25) is 0 Å². The van der Waals surface area contributed by atoms with Crippen molar-refractivity contribution in [1.82, 2.24) is 44.9 Å². The number of hydrogen-bond acceptors (Lipinski definition) is 30. The average Bonchev–Trinajstić information content (AvgIpc) is 0.965. The number of carbonyl (C=O) groups excluding carboxylic acids is 8. The molecule has 13 aromatic rings. The van der Waals surface area contributed by atoms with Crippen LogP contribution in [-0.2, 0) is 99.8 Å². The van der Waals surface area contributed by atoms with Crippen molar-refractivity contribution in [1.29, 1.82) is 5.26 Å². The van der Waals surface area contributed by atoms with Crippen LogP contribution in [-0.4, -0.2) is 167 Å². The molecule has 0 aliphatic heterocycles. The van der Waals surface area contributed by atoms with E-state index in [1.54, 1.807) is 104 Å². The van der Waals surface area contributed by atoms with Gasteiger partial charge in [-0.05, 0) is 180 Å². The summed E-state index contributed by atoms with van der Waals surface area (Å²) in [5.74, 6) is 4.39. The van der Waals surface area contributed by atoms with E-state index in [-0.39, 0.29) is 116 Å². The van der Waals surface area contributed by atoms with Crippen molar-refractivity contribution in [2.24, 2.45) is 0 Å². The summed E-state index contributed by atoms with van der Waals surface area (Å²) in [7, 11) is 0.715. The number of nitrogens with one attached hydrogen (secondary N) is 3. The second-order valence-electron chi connectivity index (χ2n) is 27.1. The van der Waals surface area contributed by atoms with Gasteiger partial charge in [-0.15, -0.1) is 11.3 Å². The molecule has 7 aromatic carbocycles. The molecule has 0 fully saturated rings. The smallest absolute Gasteiger partial charge is 0.339 e. The first-order valence-corrected chi connectivity index (χ1v) is 48.0. The minimum Gasteiger partial charge on any atom is -0.497 e. The SMILES string of the molecule is COc1cc(CC(=O)CS)c(OC)cc1Cl.COc1ccc(-c2cc(CC(=O)CS)[nH]n2)cc1.Cc1cc(CC(=O)CS)n(-c2ccccc2)n1.Cc1cnc(CC(=O)CS)c(Br)c1.N#Cc1ccc(CC(=O)CS)cn1.O=C(CS)Cc1ccc2[nH]c(=S)[nH]c2c1.O=C(CS)Cc1ccccc1S(=O)(=O)Oc1ccccc1.O=C(CS)Cc1nc2ccc(Br)cc2s1. The Morgan fingerprint density at radius 2 is 1.09 bits per heavy atom. The quantitative estimate of drug-likeness (QED) is 0.0106. The van der Waals surface area contributed by atoms with Gasteiger partial charge in [-0.3, -0.25) is 48.4 Å². The maximum Gasteiger partial charge on any atom is 0.339 e. The second kappa shape index (κ2) is 57.1. The molecule has 6 aromatic heterocycles. The van der Waals surface area contributed by atoms with Gasteiger partial charge in [0, 0.05) is 129 Å². The van der Waals surface area contributed by atoms with Crippen LogP contribution < -0.4 is 18.4 Å². The van der Waals surface area contributed by atoms with Crippen molar-refractivity contribution >= 4 is 246 Å². The number of methoxy groups -OCH3 is 3. The Kier molecular flexibility index (Phi) is 48.1. The van der Waals surface area contributed by atoms with Crippen LogP contribution in [0.25, 0.3) is 38.2 Å². The summed E-state index contributed by atoms with van der Waals surface area (Å²) < 4.78 is 50.5. The highest BCUT2D eigenvalue weighted by Crippen LogP contribution is 2.34. The molecule has 0 aliphatic carbocycles. The zero-order chi connectivity index (χ0) is 93.8. The number of fused-ring (bicyclic) bond motifs is 2. The van der Waals surface area contributed by atoms with Gasteiger partial charge in [-0.1, -0.05) is 94.3 Å². The Balaban J connectivity index is 0.000000227. The number of rotatable bonds is 32. The molecular weight excluding hydrogens is 1990 g/mol. The summed E-state index contributed by atoms with van der Waals surface area (Å²) in [5.41, 5.74) is 13.4. The minimum atomic E-state index is -3.97. The number of para-hydroxylation sites is 2. The molecule has 6 heterocycles. The van der Waals surface area contributed by atoms with Gasteiger partial charge in [-0.2, -0.15) is 125 Å². The normalized spacial score (nSPS) is 10.4. The fourth-order valence-electron chi connectivity index (χ4n) is 11.0. The third-order valence-electron chi connectivity index (χ3n) is 17.1. The lowest BCUT2D eigenvalue weighted by Crippen LogP contribution is -2.14. The minimum absolute atomic E-state index is 0.00369. The predicted octanol–water partition coefficient (Wildman–Crippen LogP) is 17.8. The fourth-order valence-corrected chi connectivity index (χ4v) is 15.7. The number of nitriles is 1. The van der Waals surface area contributed by atoms with Crippen LogP contribution in [0.1, 0.15) is 61.3 Å². The van der Waals surface area contributed by atoms with Crippen molar-refractivity contribution in [3.05, 3.63) is 280 Å². The standard InChI is InChI=1S/C15H14O4S2.C13H14N2O2S.C13H14N2OS.C11H13ClO3S.C10H8BrNOS2.C10H10N2OS2.C9H10BrNOS.C9H8N2OS/c16-13(11-20)10-12-6-4-5-9-15(12)21(17,18)19-14-7-2-1-3-8-14;1-17-12-4-2-9(3-5-12)13-7-10(14-15-13)6-11(16)8-18;1-10-7-12(8-13(16)9-17)15(14-10)11-5-3-2-4-6-11;1-14-10-5-9(12)11(15-2)4-7(10)3-8(13)6-16;11-6-1-2-8-9(3-6)15-10(12-8)4-7(13)5-14;13-7(5-14)3-6-1-2-8-9(4-6)12-10(15)11-8;1-6-2-8(10)9(11-4-6)3-7(12)5-13;10-4-8-2-1-7(5-11-8)3-9(12)6-13/h1-9,20H,10-11H2;2-5,7,18H,6,8H2,1H3,(H,14,15);2-7,17H,8-9H2,1H3;4-5,16H,3,6H2,1-2H3;1-3,14H,4-5H2;1-2,4,14H,3,5H2,(H2,11,12,15);2,4,13H,3,5H2,1H3;1-2,5,13H,3,6H2. The van der Waals surface area contributed by atoms with Gasteiger partial charge < -0.3 is 28.4 Å². The molecular formula is C90H91Br2ClN10O14S11. The molecule has 0 radical (unpaired) electrons. The second-order valence-corrected chi connectivity index (χ2v) is 34.8. The van der Waals surface area contributed by atoms with Gasteiger partial charge in [-0.25, -0.2) is 14.6 Å². The lowest BCUT2D eigenvalue weighted by Gasteiger charge is -2.11.